The molecule has 0 saturated heterocycles. The number of aliphatic hydroxyl groups is 1. The first-order valence-corrected chi connectivity index (χ1v) is 2.96. The number of aliphatic imine (C=N–C) groups is 1. The summed E-state index contributed by atoms with van der Waals surface area (Å²) >= 11 is 0. The van der Waals surface area contributed by atoms with Gasteiger partial charge in [-0.05, 0) is 25.7 Å². The number of hydrogen-bond acceptors (Lipinski definition) is 2. The van der Waals surface area contributed by atoms with Gasteiger partial charge >= 0.3 is 0 Å². The van der Waals surface area contributed by atoms with E-state index in [9.17, 15) is 0 Å². The van der Waals surface area contributed by atoms with Crippen LogP contribution in [0.5, 0.6) is 0 Å². The monoisotopic (exact) mass is 113 g/mol. The minimum Gasteiger partial charge on any atom is -0.375 e. The number of aliphatic hydroxyl groups excluding tert-OH is 1. The molecule has 1 saturated carbocycles. The smallest absolute Gasteiger partial charge is 0.134 e. The maximum Gasteiger partial charge on any atom is 0.134 e. The molecule has 1 fully saturated rings. The van der Waals surface area contributed by atoms with E-state index in [2.05, 4.69) is 4.99 Å². The van der Waals surface area contributed by atoms with Crippen LogP contribution in [0.3, 0.4) is 0 Å². The van der Waals surface area contributed by atoms with E-state index in [1.54, 1.807) is 0 Å². The van der Waals surface area contributed by atoms with Crippen LogP contribution in [0.1, 0.15) is 19.8 Å². The third kappa shape index (κ3) is 1.30. The Kier molecular flexibility index (Phi) is 1.63. The topological polar surface area (TPSA) is 32.6 Å². The molecule has 0 unspecified atom stereocenters. The molecule has 46 valence electrons. The van der Waals surface area contributed by atoms with Crippen molar-refractivity contribution < 1.29 is 5.11 Å². The van der Waals surface area contributed by atoms with Gasteiger partial charge in [0.1, 0.15) is 6.73 Å². The van der Waals surface area contributed by atoms with Crippen molar-refractivity contribution in [1.82, 2.24) is 0 Å². The number of nitrogens with zero attached hydrogens (tertiary/aromatic N) is 1. The molecule has 0 spiro atoms. The summed E-state index contributed by atoms with van der Waals surface area (Å²) in [6.07, 6.45) is 2.55. The predicted molar refractivity (Wildman–Crippen MR) is 32.9 cm³/mol. The fourth-order valence-electron chi connectivity index (χ4n) is 0.742. The third-order valence-electron chi connectivity index (χ3n) is 1.49. The van der Waals surface area contributed by atoms with Gasteiger partial charge in [0.25, 0.3) is 0 Å². The molecule has 0 aromatic carbocycles. The molecule has 0 aliphatic heterocycles. The Labute approximate surface area is 49.2 Å². The fourth-order valence-corrected chi connectivity index (χ4v) is 0.742. The van der Waals surface area contributed by atoms with E-state index in [1.807, 2.05) is 6.92 Å². The standard InChI is InChI=1S/C6H11NO/c1-5(7-4-8)6-2-3-6/h6,8H,2-4H2,1H3. The Hall–Kier alpha value is -0.370. The Morgan fingerprint density at radius 3 is 2.75 bits per heavy atom. The van der Waals surface area contributed by atoms with E-state index >= 15 is 0 Å². The van der Waals surface area contributed by atoms with E-state index in [0.717, 1.165) is 5.71 Å². The molecule has 2 nitrogen and oxygen atoms in total. The molecule has 0 aromatic heterocycles. The highest BCUT2D eigenvalue weighted by Crippen LogP contribution is 2.30. The van der Waals surface area contributed by atoms with Crippen LogP contribution < -0.4 is 0 Å². The Morgan fingerprint density at radius 1 is 1.75 bits per heavy atom. The minimum atomic E-state index is -0.0394. The van der Waals surface area contributed by atoms with Gasteiger partial charge in [0.15, 0.2) is 0 Å². The summed E-state index contributed by atoms with van der Waals surface area (Å²) in [5.74, 6) is 0.710. The summed E-state index contributed by atoms with van der Waals surface area (Å²) in [5.41, 5.74) is 1.12. The molecule has 0 radical (unpaired) electrons. The quantitative estimate of drug-likeness (QED) is 0.528. The summed E-state index contributed by atoms with van der Waals surface area (Å²) in [6.45, 7) is 1.94. The molecule has 0 amide bonds. The molecule has 0 heterocycles. The molecular formula is C6H11NO. The van der Waals surface area contributed by atoms with Crippen LogP contribution in [0.15, 0.2) is 4.99 Å². The molecule has 1 aliphatic carbocycles. The first kappa shape index (κ1) is 5.76. The molecule has 1 N–H and O–H groups in total. The van der Waals surface area contributed by atoms with Gasteiger partial charge in [0.05, 0.1) is 0 Å². The van der Waals surface area contributed by atoms with Gasteiger partial charge < -0.3 is 5.11 Å². The maximum absolute atomic E-state index is 8.33. The third-order valence-corrected chi connectivity index (χ3v) is 1.49. The lowest BCUT2D eigenvalue weighted by Crippen LogP contribution is -1.94. The zero-order valence-electron chi connectivity index (χ0n) is 5.09. The van der Waals surface area contributed by atoms with Crippen molar-refractivity contribution in [3.05, 3.63) is 0 Å². The van der Waals surface area contributed by atoms with Gasteiger partial charge in [-0.1, -0.05) is 0 Å². The number of hydrogen-bond donors (Lipinski definition) is 1. The SMILES string of the molecule is CC(=NCO)C1CC1. The molecular weight excluding hydrogens is 102 g/mol. The Bertz CT molecular complexity index is 105. The lowest BCUT2D eigenvalue weighted by molar-refractivity contribution is 0.309. The summed E-state index contributed by atoms with van der Waals surface area (Å²) in [6, 6.07) is 0. The van der Waals surface area contributed by atoms with Crippen LogP contribution in [0.2, 0.25) is 0 Å². The highest BCUT2D eigenvalue weighted by molar-refractivity contribution is 5.86. The average molecular weight is 113 g/mol. The van der Waals surface area contributed by atoms with E-state index in [-0.39, 0.29) is 6.73 Å². The summed E-state index contributed by atoms with van der Waals surface area (Å²) in [4.78, 5) is 3.86. The largest absolute Gasteiger partial charge is 0.375 e. The average Bonchev–Trinajstić information content (AvgIpc) is 2.45. The lowest BCUT2D eigenvalue weighted by atomic mass is 10.3. The molecule has 8 heavy (non-hydrogen) atoms. The summed E-state index contributed by atoms with van der Waals surface area (Å²) < 4.78 is 0. The van der Waals surface area contributed by atoms with Crippen molar-refractivity contribution in [2.24, 2.45) is 10.9 Å². The second-order valence-electron chi connectivity index (χ2n) is 2.22. The van der Waals surface area contributed by atoms with Crippen LogP contribution in [0, 0.1) is 5.92 Å². The van der Waals surface area contributed by atoms with Crippen molar-refractivity contribution in [1.29, 1.82) is 0 Å². The van der Waals surface area contributed by atoms with Crippen LogP contribution >= 0.6 is 0 Å². The minimum absolute atomic E-state index is 0.0394. The van der Waals surface area contributed by atoms with Crippen LogP contribution in [-0.4, -0.2) is 17.5 Å². The van der Waals surface area contributed by atoms with Gasteiger partial charge in [0, 0.05) is 5.71 Å². The van der Waals surface area contributed by atoms with Crippen molar-refractivity contribution in [3.8, 4) is 0 Å². The number of rotatable bonds is 2. The molecule has 1 aliphatic rings. The van der Waals surface area contributed by atoms with Crippen molar-refractivity contribution >= 4 is 5.71 Å². The van der Waals surface area contributed by atoms with Crippen molar-refractivity contribution in [2.45, 2.75) is 19.8 Å². The van der Waals surface area contributed by atoms with Crippen LogP contribution in [0.4, 0.5) is 0 Å². The zero-order chi connectivity index (χ0) is 5.98. The lowest BCUT2D eigenvalue weighted by Gasteiger charge is -1.90. The van der Waals surface area contributed by atoms with Gasteiger partial charge in [-0.15, -0.1) is 0 Å². The molecule has 0 bridgehead atoms. The van der Waals surface area contributed by atoms with Crippen LogP contribution in [0.25, 0.3) is 0 Å². The molecule has 0 atom stereocenters. The fraction of sp³-hybridized carbons (Fsp3) is 0.833. The second-order valence-corrected chi connectivity index (χ2v) is 2.22. The van der Waals surface area contributed by atoms with Crippen molar-refractivity contribution in [2.75, 3.05) is 6.73 Å². The summed E-state index contributed by atoms with van der Waals surface area (Å²) in [7, 11) is 0. The molecule has 1 rings (SSSR count). The van der Waals surface area contributed by atoms with Gasteiger partial charge in [0.2, 0.25) is 0 Å². The van der Waals surface area contributed by atoms with E-state index in [4.69, 9.17) is 5.11 Å². The Balaban J connectivity index is 2.31. The maximum atomic E-state index is 8.33. The van der Waals surface area contributed by atoms with Gasteiger partial charge in [-0.2, -0.15) is 0 Å². The normalized spacial score (nSPS) is 21.5. The summed E-state index contributed by atoms with van der Waals surface area (Å²) in [5, 5.41) is 8.33. The first-order chi connectivity index (χ1) is 3.84. The van der Waals surface area contributed by atoms with Crippen LogP contribution in [-0.2, 0) is 0 Å². The van der Waals surface area contributed by atoms with E-state index in [0.29, 0.717) is 5.92 Å². The van der Waals surface area contributed by atoms with E-state index in [1.165, 1.54) is 12.8 Å². The van der Waals surface area contributed by atoms with Gasteiger partial charge in [-0.25, -0.2) is 0 Å². The highest BCUT2D eigenvalue weighted by Gasteiger charge is 2.23. The second kappa shape index (κ2) is 2.27. The predicted octanol–water partition coefficient (Wildman–Crippen LogP) is 0.807. The first-order valence-electron chi connectivity index (χ1n) is 2.96. The Morgan fingerprint density at radius 2 is 2.38 bits per heavy atom. The molecule has 0 aromatic rings. The highest BCUT2D eigenvalue weighted by atomic mass is 16.3. The zero-order valence-corrected chi connectivity index (χ0v) is 5.09. The van der Waals surface area contributed by atoms with E-state index < -0.39 is 0 Å². The molecule has 2 heteroatoms. The van der Waals surface area contributed by atoms with Gasteiger partial charge in [-0.3, -0.25) is 4.99 Å². The van der Waals surface area contributed by atoms with Crippen molar-refractivity contribution in [3.63, 3.8) is 0 Å².